The summed E-state index contributed by atoms with van der Waals surface area (Å²) in [5.41, 5.74) is 5.59. The molecular weight excluding hydrogens is 265 g/mol. The van der Waals surface area contributed by atoms with Crippen LogP contribution in [0.4, 0.5) is 10.1 Å². The Labute approximate surface area is 113 Å². The molecule has 0 unspecified atom stereocenters. The van der Waals surface area contributed by atoms with Gasteiger partial charge in [0.1, 0.15) is 16.8 Å². The van der Waals surface area contributed by atoms with E-state index in [0.29, 0.717) is 11.4 Å². The normalized spacial score (nSPS) is 9.89. The summed E-state index contributed by atoms with van der Waals surface area (Å²) >= 11 is 1.33. The molecular formula is C13H10FN3OS. The maximum absolute atomic E-state index is 13.5. The summed E-state index contributed by atoms with van der Waals surface area (Å²) in [7, 11) is 0. The number of carbonyl (C=O) groups is 1. The second kappa shape index (κ2) is 5.50. The van der Waals surface area contributed by atoms with Crippen LogP contribution in [0.2, 0.25) is 0 Å². The minimum atomic E-state index is -0.606. The smallest absolute Gasteiger partial charge is 0.248 e. The van der Waals surface area contributed by atoms with Crippen molar-refractivity contribution in [3.05, 3.63) is 51.5 Å². The van der Waals surface area contributed by atoms with Crippen LogP contribution >= 0.6 is 11.3 Å². The second-order valence-electron chi connectivity index (χ2n) is 3.79. The number of rotatable bonds is 4. The lowest BCUT2D eigenvalue weighted by Gasteiger charge is -2.07. The highest BCUT2D eigenvalue weighted by Gasteiger charge is 2.07. The van der Waals surface area contributed by atoms with Gasteiger partial charge in [-0.15, -0.1) is 11.3 Å². The van der Waals surface area contributed by atoms with Crippen LogP contribution in [0.25, 0.3) is 0 Å². The first kappa shape index (κ1) is 13.1. The molecule has 1 aromatic heterocycles. The molecule has 0 aliphatic rings. The molecule has 0 atom stereocenters. The van der Waals surface area contributed by atoms with Crippen molar-refractivity contribution in [3.63, 3.8) is 0 Å². The number of primary amides is 1. The highest BCUT2D eigenvalue weighted by molar-refractivity contribution is 7.12. The molecule has 3 N–H and O–H groups in total. The van der Waals surface area contributed by atoms with E-state index in [9.17, 15) is 9.18 Å². The monoisotopic (exact) mass is 275 g/mol. The summed E-state index contributed by atoms with van der Waals surface area (Å²) in [6, 6.07) is 9.44. The Morgan fingerprint density at radius 1 is 1.42 bits per heavy atom. The molecule has 0 spiro atoms. The first-order valence-corrected chi connectivity index (χ1v) is 6.24. The van der Waals surface area contributed by atoms with E-state index in [4.69, 9.17) is 11.0 Å². The first-order valence-electron chi connectivity index (χ1n) is 5.42. The van der Waals surface area contributed by atoms with Gasteiger partial charge in [0.25, 0.3) is 0 Å². The molecule has 1 aromatic carbocycles. The van der Waals surface area contributed by atoms with E-state index in [1.54, 1.807) is 12.1 Å². The molecule has 0 bridgehead atoms. The van der Waals surface area contributed by atoms with Gasteiger partial charge in [-0.2, -0.15) is 5.26 Å². The topological polar surface area (TPSA) is 78.9 Å². The predicted octanol–water partition coefficient (Wildman–Crippen LogP) is 2.47. The van der Waals surface area contributed by atoms with Gasteiger partial charge in [-0.05, 0) is 30.3 Å². The van der Waals surface area contributed by atoms with Gasteiger partial charge in [0.2, 0.25) is 5.91 Å². The Kier molecular flexibility index (Phi) is 3.78. The third-order valence-corrected chi connectivity index (χ3v) is 3.47. The number of benzene rings is 1. The van der Waals surface area contributed by atoms with Gasteiger partial charge in [-0.1, -0.05) is 0 Å². The Hall–Kier alpha value is -2.39. The number of anilines is 1. The van der Waals surface area contributed by atoms with Crippen molar-refractivity contribution in [1.29, 1.82) is 5.26 Å². The van der Waals surface area contributed by atoms with E-state index >= 15 is 0 Å². The first-order chi connectivity index (χ1) is 9.10. The number of nitrogens with zero attached hydrogens (tertiary/aromatic N) is 1. The average molecular weight is 275 g/mol. The van der Waals surface area contributed by atoms with Crippen LogP contribution in [0.1, 0.15) is 20.1 Å². The van der Waals surface area contributed by atoms with E-state index in [2.05, 4.69) is 5.32 Å². The van der Waals surface area contributed by atoms with Crippen LogP contribution in [-0.4, -0.2) is 5.91 Å². The summed E-state index contributed by atoms with van der Waals surface area (Å²) in [6.07, 6.45) is 0. The number of hydrogen-bond acceptors (Lipinski definition) is 4. The molecule has 19 heavy (non-hydrogen) atoms. The Morgan fingerprint density at radius 3 is 2.84 bits per heavy atom. The molecule has 96 valence electrons. The van der Waals surface area contributed by atoms with Crippen molar-refractivity contribution in [2.45, 2.75) is 6.54 Å². The zero-order chi connectivity index (χ0) is 13.8. The van der Waals surface area contributed by atoms with E-state index in [1.807, 2.05) is 6.07 Å². The fraction of sp³-hybridized carbons (Fsp3) is 0.0769. The van der Waals surface area contributed by atoms with Crippen molar-refractivity contribution in [2.24, 2.45) is 5.73 Å². The van der Waals surface area contributed by atoms with Crippen molar-refractivity contribution >= 4 is 22.9 Å². The number of nitriles is 1. The number of carbonyl (C=O) groups excluding carboxylic acids is 1. The van der Waals surface area contributed by atoms with Gasteiger partial charge >= 0.3 is 0 Å². The molecule has 2 aromatic rings. The third kappa shape index (κ3) is 3.09. The molecule has 0 aliphatic heterocycles. The van der Waals surface area contributed by atoms with Gasteiger partial charge in [-0.25, -0.2) is 4.39 Å². The molecule has 2 rings (SSSR count). The Bertz CT molecular complexity index is 660. The van der Waals surface area contributed by atoms with E-state index in [0.717, 1.165) is 4.88 Å². The maximum atomic E-state index is 13.5. The molecule has 1 amide bonds. The zero-order valence-corrected chi connectivity index (χ0v) is 10.6. The van der Waals surface area contributed by atoms with E-state index < -0.39 is 11.7 Å². The van der Waals surface area contributed by atoms with Crippen molar-refractivity contribution in [1.82, 2.24) is 0 Å². The molecule has 0 radical (unpaired) electrons. The van der Waals surface area contributed by atoms with E-state index in [1.165, 1.54) is 29.5 Å². The molecule has 0 saturated heterocycles. The molecule has 0 aliphatic carbocycles. The van der Waals surface area contributed by atoms with Crippen molar-refractivity contribution in [2.75, 3.05) is 5.32 Å². The van der Waals surface area contributed by atoms with Gasteiger partial charge in [0.15, 0.2) is 0 Å². The number of halogens is 1. The number of thiophene rings is 1. The predicted molar refractivity (Wildman–Crippen MR) is 71.3 cm³/mol. The van der Waals surface area contributed by atoms with Gasteiger partial charge in [0.05, 0.1) is 5.69 Å². The van der Waals surface area contributed by atoms with Crippen molar-refractivity contribution < 1.29 is 9.18 Å². The third-order valence-electron chi connectivity index (χ3n) is 2.48. The fourth-order valence-electron chi connectivity index (χ4n) is 1.53. The molecule has 0 saturated carbocycles. The molecule has 4 nitrogen and oxygen atoms in total. The molecule has 1 heterocycles. The second-order valence-corrected chi connectivity index (χ2v) is 4.96. The molecule has 6 heteroatoms. The highest BCUT2D eigenvalue weighted by atomic mass is 32.1. The lowest BCUT2D eigenvalue weighted by Crippen LogP contribution is -2.12. The molecule has 0 fully saturated rings. The van der Waals surface area contributed by atoms with Gasteiger partial charge in [0, 0.05) is 17.0 Å². The SMILES string of the molecule is N#Cc1ccc(CNc2cc(C(N)=O)ccc2F)s1. The van der Waals surface area contributed by atoms with Gasteiger partial charge in [-0.3, -0.25) is 4.79 Å². The van der Waals surface area contributed by atoms with Crippen LogP contribution in [-0.2, 0) is 6.54 Å². The number of nitrogens with two attached hydrogens (primary N) is 1. The highest BCUT2D eigenvalue weighted by Crippen LogP contribution is 2.20. The van der Waals surface area contributed by atoms with E-state index in [-0.39, 0.29) is 11.3 Å². The number of nitrogens with one attached hydrogen (secondary N) is 1. The minimum Gasteiger partial charge on any atom is -0.378 e. The minimum absolute atomic E-state index is 0.211. The van der Waals surface area contributed by atoms with Crippen molar-refractivity contribution in [3.8, 4) is 6.07 Å². The standard InChI is InChI=1S/C13H10FN3OS/c14-11-4-1-8(13(16)18)5-12(11)17-7-10-3-2-9(6-15)19-10/h1-5,17H,7H2,(H2,16,18). The number of amides is 1. The van der Waals surface area contributed by atoms with Crippen LogP contribution < -0.4 is 11.1 Å². The maximum Gasteiger partial charge on any atom is 0.248 e. The summed E-state index contributed by atoms with van der Waals surface area (Å²) < 4.78 is 13.5. The van der Waals surface area contributed by atoms with Crippen LogP contribution in [0.5, 0.6) is 0 Å². The van der Waals surface area contributed by atoms with Crippen LogP contribution in [0.15, 0.2) is 30.3 Å². The van der Waals surface area contributed by atoms with Crippen LogP contribution in [0, 0.1) is 17.1 Å². The lowest BCUT2D eigenvalue weighted by molar-refractivity contribution is 0.100. The van der Waals surface area contributed by atoms with Crippen LogP contribution in [0.3, 0.4) is 0 Å². The average Bonchev–Trinajstić information content (AvgIpc) is 2.85. The zero-order valence-electron chi connectivity index (χ0n) is 9.81. The largest absolute Gasteiger partial charge is 0.378 e. The number of hydrogen-bond donors (Lipinski definition) is 2. The Morgan fingerprint density at radius 2 is 2.21 bits per heavy atom. The summed E-state index contributed by atoms with van der Waals surface area (Å²) in [5, 5.41) is 11.6. The Balaban J connectivity index is 2.12. The summed E-state index contributed by atoms with van der Waals surface area (Å²) in [6.45, 7) is 0.380. The fourth-order valence-corrected chi connectivity index (χ4v) is 2.27. The lowest BCUT2D eigenvalue weighted by atomic mass is 10.2. The summed E-state index contributed by atoms with van der Waals surface area (Å²) in [5.74, 6) is -1.06. The van der Waals surface area contributed by atoms with Gasteiger partial charge < -0.3 is 11.1 Å². The summed E-state index contributed by atoms with van der Waals surface area (Å²) in [4.78, 5) is 12.5. The quantitative estimate of drug-likeness (QED) is 0.899.